The summed E-state index contributed by atoms with van der Waals surface area (Å²) in [6.07, 6.45) is 0. The van der Waals surface area contributed by atoms with Gasteiger partial charge in [-0.1, -0.05) is 103 Å². The maximum absolute atomic E-state index is 9.03. The monoisotopic (exact) mass is 432 g/mol. The Morgan fingerprint density at radius 2 is 1.00 bits per heavy atom. The van der Waals surface area contributed by atoms with Gasteiger partial charge in [0.15, 0.2) is 0 Å². The molecule has 0 amide bonds. The van der Waals surface area contributed by atoms with Gasteiger partial charge in [-0.25, -0.2) is 0 Å². The van der Waals surface area contributed by atoms with Crippen molar-refractivity contribution in [2.24, 2.45) is 0 Å². The Kier molecular flexibility index (Phi) is 2.16. The highest BCUT2D eigenvalue weighted by Gasteiger charge is 2.17. The van der Waals surface area contributed by atoms with Crippen molar-refractivity contribution in [1.29, 1.82) is 0 Å². The molecule has 7 aromatic rings. The summed E-state index contributed by atoms with van der Waals surface area (Å²) >= 11 is 0. The van der Waals surface area contributed by atoms with Crippen LogP contribution < -0.4 is 0 Å². The molecule has 0 radical (unpaired) electrons. The molecule has 154 valence electrons. The summed E-state index contributed by atoms with van der Waals surface area (Å²) in [6, 6.07) is 8.36. The first kappa shape index (κ1) is 10.1. The molecule has 33 heavy (non-hydrogen) atoms. The van der Waals surface area contributed by atoms with Gasteiger partial charge in [0.1, 0.15) is 11.2 Å². The van der Waals surface area contributed by atoms with Gasteiger partial charge >= 0.3 is 0 Å². The van der Waals surface area contributed by atoms with Crippen LogP contribution in [0.3, 0.4) is 0 Å². The molecule has 0 unspecified atom stereocenters. The van der Waals surface area contributed by atoms with Crippen LogP contribution in [0.1, 0.15) is 16.4 Å². The molecular weight excluding hydrogens is 400 g/mol. The SMILES string of the molecule is [2H]c1c([2H])c([2H])c2c(oc3cc(-c4c5c([2H])c([2H])c([2H])c([2H])c5c(-c5ccccc5)c5c([2H])c([2H])c([2H])c([2H])c45)ccc32)c1[2H]. The number of para-hydroxylation sites is 1. The first-order valence-electron chi connectivity index (χ1n) is 16.3. The van der Waals surface area contributed by atoms with E-state index in [4.69, 9.17) is 20.9 Å². The zero-order valence-electron chi connectivity index (χ0n) is 29.0. The van der Waals surface area contributed by atoms with Crippen molar-refractivity contribution < 1.29 is 20.9 Å². The number of fused-ring (bicyclic) bond motifs is 5. The smallest absolute Gasteiger partial charge is 0.136 e. The van der Waals surface area contributed by atoms with Crippen LogP contribution >= 0.6 is 0 Å². The predicted molar refractivity (Wildman–Crippen MR) is 140 cm³/mol. The number of benzene rings is 6. The third kappa shape index (κ3) is 2.73. The predicted octanol–water partition coefficient (Wildman–Crippen LogP) is 9.23. The van der Waals surface area contributed by atoms with Gasteiger partial charge in [0.05, 0.1) is 16.4 Å². The maximum Gasteiger partial charge on any atom is 0.136 e. The number of rotatable bonds is 2. The summed E-state index contributed by atoms with van der Waals surface area (Å²) in [4.78, 5) is 0. The molecule has 0 aliphatic rings. The van der Waals surface area contributed by atoms with Crippen LogP contribution in [0.5, 0.6) is 0 Å². The Balaban J connectivity index is 1.76. The lowest BCUT2D eigenvalue weighted by atomic mass is 9.86. The molecule has 7 rings (SSSR count). The molecule has 1 aromatic heterocycles. The van der Waals surface area contributed by atoms with Crippen molar-refractivity contribution >= 4 is 43.5 Å². The minimum absolute atomic E-state index is 0.0499. The van der Waals surface area contributed by atoms with Crippen molar-refractivity contribution in [1.82, 2.24) is 0 Å². The van der Waals surface area contributed by atoms with E-state index in [1.54, 1.807) is 42.5 Å². The van der Waals surface area contributed by atoms with Gasteiger partial charge in [-0.3, -0.25) is 0 Å². The van der Waals surface area contributed by atoms with Crippen molar-refractivity contribution in [3.05, 3.63) is 121 Å². The number of hydrogen-bond donors (Lipinski definition) is 0. The van der Waals surface area contributed by atoms with Gasteiger partial charge in [-0.05, 0) is 62.0 Å². The Morgan fingerprint density at radius 3 is 1.64 bits per heavy atom. The zero-order chi connectivity index (χ0) is 32.2. The topological polar surface area (TPSA) is 13.1 Å². The summed E-state index contributed by atoms with van der Waals surface area (Å²) in [5.41, 5.74) is 1.32. The van der Waals surface area contributed by atoms with Gasteiger partial charge in [0, 0.05) is 10.8 Å². The summed E-state index contributed by atoms with van der Waals surface area (Å²) in [5, 5.41) is 0.849. The Morgan fingerprint density at radius 1 is 0.455 bits per heavy atom. The minimum atomic E-state index is -0.513. The lowest BCUT2D eigenvalue weighted by molar-refractivity contribution is 0.669. The Hall–Kier alpha value is -4.36. The van der Waals surface area contributed by atoms with Crippen LogP contribution in [0.2, 0.25) is 0 Å². The highest BCUT2D eigenvalue weighted by molar-refractivity contribution is 6.22. The first-order valence-corrected chi connectivity index (χ1v) is 10.3. The molecule has 1 nitrogen and oxygen atoms in total. The molecule has 1 heteroatoms. The van der Waals surface area contributed by atoms with Crippen LogP contribution in [0.15, 0.2) is 125 Å². The molecule has 0 saturated heterocycles. The van der Waals surface area contributed by atoms with E-state index in [-0.39, 0.29) is 73.4 Å². The number of hydrogen-bond acceptors (Lipinski definition) is 1. The van der Waals surface area contributed by atoms with E-state index < -0.39 is 48.3 Å². The lowest BCUT2D eigenvalue weighted by Crippen LogP contribution is -1.90. The average molecular weight is 433 g/mol. The van der Waals surface area contributed by atoms with Crippen molar-refractivity contribution in [3.8, 4) is 22.3 Å². The van der Waals surface area contributed by atoms with Crippen LogP contribution in [0, 0.1) is 0 Å². The summed E-state index contributed by atoms with van der Waals surface area (Å²) in [7, 11) is 0. The van der Waals surface area contributed by atoms with E-state index in [0.717, 1.165) is 0 Å². The molecule has 6 aromatic carbocycles. The number of furan rings is 1. The van der Waals surface area contributed by atoms with Crippen molar-refractivity contribution in [2.75, 3.05) is 0 Å². The fraction of sp³-hybridized carbons (Fsp3) is 0. The zero-order valence-corrected chi connectivity index (χ0v) is 17.0. The second kappa shape index (κ2) is 7.08. The van der Waals surface area contributed by atoms with E-state index in [0.29, 0.717) is 16.5 Å². The standard InChI is InChI=1S/C32H20O/c1-2-10-21(11-3-1)31-25-13-4-6-15-27(25)32(28-16-7-5-14-26(28)31)22-18-19-24-23-12-8-9-17-29(23)33-30(24)20-22/h1-20H/i4D,5D,6D,7D,8D,9D,12D,13D,14D,15D,16D,17D. The third-order valence-corrected chi connectivity index (χ3v) is 5.84. The quantitative estimate of drug-likeness (QED) is 0.248. The normalized spacial score (nSPS) is 16.7. The third-order valence-electron chi connectivity index (χ3n) is 5.84. The largest absolute Gasteiger partial charge is 0.456 e. The molecule has 0 fully saturated rings. The Labute approximate surface area is 208 Å². The maximum atomic E-state index is 9.03. The summed E-state index contributed by atoms with van der Waals surface area (Å²) in [5.74, 6) is 0. The van der Waals surface area contributed by atoms with E-state index >= 15 is 0 Å². The molecule has 1 heterocycles. The average Bonchev–Trinajstić information content (AvgIpc) is 3.44. The molecule has 0 aliphatic heterocycles. The van der Waals surface area contributed by atoms with Crippen LogP contribution in [0.4, 0.5) is 0 Å². The first-order chi connectivity index (χ1) is 21.4. The van der Waals surface area contributed by atoms with Crippen molar-refractivity contribution in [3.63, 3.8) is 0 Å². The fourth-order valence-electron chi connectivity index (χ4n) is 4.45. The van der Waals surface area contributed by atoms with Gasteiger partial charge in [-0.2, -0.15) is 0 Å². The minimum Gasteiger partial charge on any atom is -0.456 e. The van der Waals surface area contributed by atoms with Crippen molar-refractivity contribution in [2.45, 2.75) is 0 Å². The summed E-state index contributed by atoms with van der Waals surface area (Å²) < 4.78 is 109. The second-order valence-electron chi connectivity index (χ2n) is 7.63. The molecule has 0 bridgehead atoms. The molecule has 0 atom stereocenters. The molecule has 0 saturated carbocycles. The van der Waals surface area contributed by atoms with Crippen LogP contribution in [-0.2, 0) is 0 Å². The molecular formula is C32H20O. The van der Waals surface area contributed by atoms with Gasteiger partial charge in [-0.15, -0.1) is 0 Å². The van der Waals surface area contributed by atoms with Crippen LogP contribution in [-0.4, -0.2) is 0 Å². The second-order valence-corrected chi connectivity index (χ2v) is 7.63. The molecule has 0 N–H and O–H groups in total. The van der Waals surface area contributed by atoms with Gasteiger partial charge in [0.25, 0.3) is 0 Å². The van der Waals surface area contributed by atoms with Gasteiger partial charge in [0.2, 0.25) is 0 Å². The van der Waals surface area contributed by atoms with E-state index in [1.807, 2.05) is 0 Å². The lowest BCUT2D eigenvalue weighted by Gasteiger charge is -2.17. The van der Waals surface area contributed by atoms with E-state index in [9.17, 15) is 0 Å². The highest BCUT2D eigenvalue weighted by atomic mass is 16.3. The fourth-order valence-corrected chi connectivity index (χ4v) is 4.45. The summed E-state index contributed by atoms with van der Waals surface area (Å²) in [6.45, 7) is 0. The van der Waals surface area contributed by atoms with E-state index in [2.05, 4.69) is 0 Å². The van der Waals surface area contributed by atoms with Crippen LogP contribution in [0.25, 0.3) is 65.7 Å². The molecule has 0 aliphatic carbocycles. The van der Waals surface area contributed by atoms with Gasteiger partial charge < -0.3 is 4.42 Å². The van der Waals surface area contributed by atoms with E-state index in [1.165, 1.54) is 6.07 Å². The highest BCUT2D eigenvalue weighted by Crippen LogP contribution is 2.44. The molecule has 0 spiro atoms. The Bertz CT molecular complexity index is 2370.